The number of amides is 1. The fraction of sp³-hybridized carbons (Fsp3) is 0.240. The van der Waals surface area contributed by atoms with Crippen LogP contribution in [-0.2, 0) is 32.1 Å². The Hall–Kier alpha value is -3.16. The van der Waals surface area contributed by atoms with Crippen molar-refractivity contribution in [3.8, 4) is 11.5 Å². The Bertz CT molecular complexity index is 1150. The molecule has 0 saturated carbocycles. The maximum atomic E-state index is 12.8. The number of likely N-dealkylation sites (tertiary alicyclic amines) is 1. The SMILES string of the molecule is CS(=O)(=O)O[C@H]1CC(=O)N(Cc2ccc(Oc3ccccc3)cc2)[C@H]1Cc1ccccc1. The molecule has 1 fully saturated rings. The molecule has 3 aromatic rings. The van der Waals surface area contributed by atoms with E-state index in [2.05, 4.69) is 0 Å². The lowest BCUT2D eigenvalue weighted by Gasteiger charge is -2.28. The maximum absolute atomic E-state index is 12.8. The van der Waals surface area contributed by atoms with Gasteiger partial charge in [0.05, 0.1) is 18.7 Å². The number of hydrogen-bond acceptors (Lipinski definition) is 5. The van der Waals surface area contributed by atoms with Crippen LogP contribution in [0.15, 0.2) is 84.9 Å². The van der Waals surface area contributed by atoms with Gasteiger partial charge < -0.3 is 9.64 Å². The molecule has 0 aliphatic carbocycles. The standard InChI is InChI=1S/C25H25NO5S/c1-32(28,29)31-24-17-25(27)26(23(24)16-19-8-4-2-5-9-19)18-20-12-14-22(15-13-20)30-21-10-6-3-7-11-21/h2-15,23-24H,16-18H2,1H3/t23-,24-/m0/s1. The minimum absolute atomic E-state index is 0.0414. The first-order valence-corrected chi connectivity index (χ1v) is 12.2. The number of rotatable bonds is 8. The van der Waals surface area contributed by atoms with Gasteiger partial charge in [0, 0.05) is 6.54 Å². The lowest BCUT2D eigenvalue weighted by atomic mass is 10.0. The quantitative estimate of drug-likeness (QED) is 0.481. The van der Waals surface area contributed by atoms with Crippen molar-refractivity contribution in [1.29, 1.82) is 0 Å². The second-order valence-corrected chi connectivity index (χ2v) is 9.48. The molecule has 0 radical (unpaired) electrons. The van der Waals surface area contributed by atoms with Crippen molar-refractivity contribution in [3.05, 3.63) is 96.1 Å². The van der Waals surface area contributed by atoms with Crippen LogP contribution in [0.4, 0.5) is 0 Å². The van der Waals surface area contributed by atoms with Gasteiger partial charge in [0.25, 0.3) is 10.1 Å². The molecule has 1 aliphatic heterocycles. The van der Waals surface area contributed by atoms with Gasteiger partial charge in [0.1, 0.15) is 17.6 Å². The predicted molar refractivity (Wildman–Crippen MR) is 122 cm³/mol. The van der Waals surface area contributed by atoms with Gasteiger partial charge in [-0.3, -0.25) is 8.98 Å². The van der Waals surface area contributed by atoms with Gasteiger partial charge in [-0.15, -0.1) is 0 Å². The Morgan fingerprint density at radius 2 is 1.44 bits per heavy atom. The van der Waals surface area contributed by atoms with Gasteiger partial charge in [-0.25, -0.2) is 0 Å². The van der Waals surface area contributed by atoms with Gasteiger partial charge in [-0.1, -0.05) is 60.7 Å². The first-order chi connectivity index (χ1) is 15.4. The third kappa shape index (κ3) is 5.75. The van der Waals surface area contributed by atoms with Gasteiger partial charge in [0.2, 0.25) is 5.91 Å². The summed E-state index contributed by atoms with van der Waals surface area (Å²) in [6.45, 7) is 0.367. The maximum Gasteiger partial charge on any atom is 0.264 e. The molecule has 3 aromatic carbocycles. The molecule has 7 heteroatoms. The van der Waals surface area contributed by atoms with Crippen molar-refractivity contribution >= 4 is 16.0 Å². The van der Waals surface area contributed by atoms with Crippen molar-refractivity contribution in [2.75, 3.05) is 6.26 Å². The normalized spacial score (nSPS) is 18.7. The van der Waals surface area contributed by atoms with E-state index in [9.17, 15) is 13.2 Å². The third-order valence-corrected chi connectivity index (χ3v) is 5.96. The van der Waals surface area contributed by atoms with E-state index < -0.39 is 16.2 Å². The van der Waals surface area contributed by atoms with Gasteiger partial charge in [-0.2, -0.15) is 8.42 Å². The molecule has 0 spiro atoms. The molecule has 1 saturated heterocycles. The van der Waals surface area contributed by atoms with Crippen molar-refractivity contribution < 1.29 is 22.1 Å². The zero-order chi connectivity index (χ0) is 22.6. The van der Waals surface area contributed by atoms with E-state index in [0.29, 0.717) is 18.7 Å². The van der Waals surface area contributed by atoms with E-state index in [-0.39, 0.29) is 18.4 Å². The molecular formula is C25H25NO5S. The fourth-order valence-electron chi connectivity index (χ4n) is 3.92. The number of hydrogen-bond donors (Lipinski definition) is 0. The zero-order valence-corrected chi connectivity index (χ0v) is 18.6. The Kier molecular flexibility index (Phi) is 6.58. The van der Waals surface area contributed by atoms with E-state index in [4.69, 9.17) is 8.92 Å². The van der Waals surface area contributed by atoms with Crippen LogP contribution in [0.3, 0.4) is 0 Å². The highest BCUT2D eigenvalue weighted by Crippen LogP contribution is 2.29. The van der Waals surface area contributed by atoms with Crippen LogP contribution in [0, 0.1) is 0 Å². The van der Waals surface area contributed by atoms with Crippen molar-refractivity contribution in [3.63, 3.8) is 0 Å². The van der Waals surface area contributed by atoms with E-state index >= 15 is 0 Å². The summed E-state index contributed by atoms with van der Waals surface area (Å²) in [6, 6.07) is 26.4. The summed E-state index contributed by atoms with van der Waals surface area (Å²) in [6.07, 6.45) is 0.866. The Labute approximate surface area is 188 Å². The molecule has 32 heavy (non-hydrogen) atoms. The second-order valence-electron chi connectivity index (χ2n) is 7.88. The molecule has 1 aliphatic rings. The highest BCUT2D eigenvalue weighted by molar-refractivity contribution is 7.86. The smallest absolute Gasteiger partial charge is 0.264 e. The molecule has 2 atom stereocenters. The summed E-state index contributed by atoms with van der Waals surface area (Å²) in [5.41, 5.74) is 1.95. The van der Waals surface area contributed by atoms with E-state index in [1.807, 2.05) is 84.9 Å². The van der Waals surface area contributed by atoms with Crippen LogP contribution < -0.4 is 4.74 Å². The molecule has 0 unspecified atom stereocenters. The van der Waals surface area contributed by atoms with Crippen molar-refractivity contribution in [2.24, 2.45) is 0 Å². The number of carbonyl (C=O) groups excluding carboxylic acids is 1. The summed E-state index contributed by atoms with van der Waals surface area (Å²) in [5.74, 6) is 1.33. The van der Waals surface area contributed by atoms with Gasteiger partial charge >= 0.3 is 0 Å². The Morgan fingerprint density at radius 1 is 0.844 bits per heavy atom. The molecule has 1 heterocycles. The summed E-state index contributed by atoms with van der Waals surface area (Å²) < 4.78 is 34.7. The lowest BCUT2D eigenvalue weighted by molar-refractivity contribution is -0.129. The summed E-state index contributed by atoms with van der Waals surface area (Å²) in [5, 5.41) is 0. The van der Waals surface area contributed by atoms with Gasteiger partial charge in [-0.05, 0) is 41.8 Å². The molecule has 0 aromatic heterocycles. The first-order valence-electron chi connectivity index (χ1n) is 10.4. The summed E-state index contributed by atoms with van der Waals surface area (Å²) >= 11 is 0. The first kappa shape index (κ1) is 22.0. The molecule has 0 bridgehead atoms. The monoisotopic (exact) mass is 451 g/mol. The highest BCUT2D eigenvalue weighted by atomic mass is 32.2. The average molecular weight is 452 g/mol. The Morgan fingerprint density at radius 3 is 2.06 bits per heavy atom. The molecular weight excluding hydrogens is 426 g/mol. The number of carbonyl (C=O) groups is 1. The van der Waals surface area contributed by atoms with Crippen LogP contribution in [0.2, 0.25) is 0 Å². The minimum atomic E-state index is -3.68. The zero-order valence-electron chi connectivity index (χ0n) is 17.8. The number of ether oxygens (including phenoxy) is 1. The summed E-state index contributed by atoms with van der Waals surface area (Å²) in [7, 11) is -3.68. The molecule has 6 nitrogen and oxygen atoms in total. The van der Waals surface area contributed by atoms with E-state index in [1.165, 1.54) is 0 Å². The van der Waals surface area contributed by atoms with Crippen molar-refractivity contribution in [2.45, 2.75) is 31.5 Å². The van der Waals surface area contributed by atoms with Crippen LogP contribution in [0.1, 0.15) is 17.5 Å². The van der Waals surface area contributed by atoms with Crippen LogP contribution in [0.25, 0.3) is 0 Å². The predicted octanol–water partition coefficient (Wildman–Crippen LogP) is 4.17. The molecule has 166 valence electrons. The average Bonchev–Trinajstić information content (AvgIpc) is 3.03. The number of benzene rings is 3. The third-order valence-electron chi connectivity index (χ3n) is 5.37. The molecule has 0 N–H and O–H groups in total. The largest absolute Gasteiger partial charge is 0.457 e. The minimum Gasteiger partial charge on any atom is -0.457 e. The van der Waals surface area contributed by atoms with Crippen LogP contribution >= 0.6 is 0 Å². The summed E-state index contributed by atoms with van der Waals surface area (Å²) in [4.78, 5) is 14.5. The second kappa shape index (κ2) is 9.54. The molecule has 4 rings (SSSR count). The van der Waals surface area contributed by atoms with E-state index in [0.717, 1.165) is 23.1 Å². The van der Waals surface area contributed by atoms with Crippen LogP contribution in [-0.4, -0.2) is 37.6 Å². The number of para-hydroxylation sites is 1. The van der Waals surface area contributed by atoms with Crippen LogP contribution in [0.5, 0.6) is 11.5 Å². The topological polar surface area (TPSA) is 72.9 Å². The lowest BCUT2D eigenvalue weighted by Crippen LogP contribution is -2.39. The molecule has 1 amide bonds. The Balaban J connectivity index is 1.51. The van der Waals surface area contributed by atoms with Gasteiger partial charge in [0.15, 0.2) is 0 Å². The highest BCUT2D eigenvalue weighted by Gasteiger charge is 2.42. The fourth-order valence-corrected chi connectivity index (χ4v) is 4.57. The number of nitrogens with zero attached hydrogens (tertiary/aromatic N) is 1. The van der Waals surface area contributed by atoms with Crippen molar-refractivity contribution in [1.82, 2.24) is 4.90 Å². The van der Waals surface area contributed by atoms with E-state index in [1.54, 1.807) is 4.90 Å².